The Hall–Kier alpha value is -2.90. The minimum atomic E-state index is -0.450. The van der Waals surface area contributed by atoms with Crippen molar-refractivity contribution in [1.29, 1.82) is 0 Å². The van der Waals surface area contributed by atoms with Gasteiger partial charge in [0.2, 0.25) is 0 Å². The molecular formula is C17H23N5O3. The number of urea groups is 1. The van der Waals surface area contributed by atoms with Gasteiger partial charge >= 0.3 is 6.03 Å². The van der Waals surface area contributed by atoms with E-state index in [1.807, 2.05) is 32.5 Å². The summed E-state index contributed by atoms with van der Waals surface area (Å²) in [6.45, 7) is 6.22. The van der Waals surface area contributed by atoms with Gasteiger partial charge in [0.25, 0.3) is 5.69 Å². The standard InChI is InChI=1S/C17H23N5O3/c1-5-15(16-11(2)20-21(4)12(16)3)19-17(23)18-10-13-6-8-14(9-7-13)22(24)25/h6-9,15H,5,10H2,1-4H3,(H2,18,19,23)/t15-/m0/s1. The molecule has 1 aromatic heterocycles. The summed E-state index contributed by atoms with van der Waals surface area (Å²) in [6, 6.07) is 5.70. The Kier molecular flexibility index (Phi) is 5.74. The second-order valence-corrected chi connectivity index (χ2v) is 5.92. The first-order valence-electron chi connectivity index (χ1n) is 8.11. The van der Waals surface area contributed by atoms with Gasteiger partial charge < -0.3 is 10.6 Å². The normalized spacial score (nSPS) is 11.8. The number of hydrogen-bond acceptors (Lipinski definition) is 4. The largest absolute Gasteiger partial charge is 0.334 e. The quantitative estimate of drug-likeness (QED) is 0.621. The van der Waals surface area contributed by atoms with Crippen LogP contribution in [0.5, 0.6) is 0 Å². The van der Waals surface area contributed by atoms with Crippen LogP contribution in [0.1, 0.15) is 41.9 Å². The van der Waals surface area contributed by atoms with Crippen molar-refractivity contribution in [1.82, 2.24) is 20.4 Å². The summed E-state index contributed by atoms with van der Waals surface area (Å²) in [4.78, 5) is 22.4. The van der Waals surface area contributed by atoms with Crippen LogP contribution in [0.15, 0.2) is 24.3 Å². The van der Waals surface area contributed by atoms with Crippen LogP contribution >= 0.6 is 0 Å². The number of nitrogens with zero attached hydrogens (tertiary/aromatic N) is 3. The predicted molar refractivity (Wildman–Crippen MR) is 94.2 cm³/mol. The molecule has 2 N–H and O–H groups in total. The number of carbonyl (C=O) groups excluding carboxylic acids is 1. The van der Waals surface area contributed by atoms with Gasteiger partial charge in [-0.3, -0.25) is 14.8 Å². The maximum Gasteiger partial charge on any atom is 0.315 e. The monoisotopic (exact) mass is 345 g/mol. The number of aryl methyl sites for hydroxylation is 2. The Morgan fingerprint density at radius 3 is 2.44 bits per heavy atom. The molecule has 2 amide bonds. The molecule has 0 bridgehead atoms. The Morgan fingerprint density at radius 2 is 1.96 bits per heavy atom. The number of amides is 2. The maximum atomic E-state index is 12.2. The molecule has 25 heavy (non-hydrogen) atoms. The third kappa shape index (κ3) is 4.34. The van der Waals surface area contributed by atoms with Crippen molar-refractivity contribution in [3.05, 3.63) is 56.9 Å². The number of carbonyl (C=O) groups is 1. The van der Waals surface area contributed by atoms with Crippen LogP contribution in [0, 0.1) is 24.0 Å². The molecule has 1 aromatic carbocycles. The highest BCUT2D eigenvalue weighted by Crippen LogP contribution is 2.23. The predicted octanol–water partition coefficient (Wildman–Crippen LogP) is 2.90. The fraction of sp³-hybridized carbons (Fsp3) is 0.412. The highest BCUT2D eigenvalue weighted by atomic mass is 16.6. The SMILES string of the molecule is CC[C@H](NC(=O)NCc1ccc([N+](=O)[O-])cc1)c1c(C)nn(C)c1C. The van der Waals surface area contributed by atoms with Crippen molar-refractivity contribution in [2.45, 2.75) is 39.8 Å². The van der Waals surface area contributed by atoms with Crippen LogP contribution in [-0.4, -0.2) is 20.7 Å². The summed E-state index contributed by atoms with van der Waals surface area (Å²) < 4.78 is 1.81. The van der Waals surface area contributed by atoms with Gasteiger partial charge in [0.1, 0.15) is 0 Å². The van der Waals surface area contributed by atoms with Gasteiger partial charge in [0.05, 0.1) is 16.7 Å². The molecule has 0 fully saturated rings. The average molecular weight is 345 g/mol. The van der Waals surface area contributed by atoms with Crippen molar-refractivity contribution < 1.29 is 9.72 Å². The third-order valence-electron chi connectivity index (χ3n) is 4.23. The zero-order chi connectivity index (χ0) is 18.6. The Balaban J connectivity index is 1.97. The average Bonchev–Trinajstić information content (AvgIpc) is 2.83. The fourth-order valence-electron chi connectivity index (χ4n) is 2.80. The molecule has 0 saturated heterocycles. The molecule has 1 atom stereocenters. The van der Waals surface area contributed by atoms with E-state index < -0.39 is 4.92 Å². The summed E-state index contributed by atoms with van der Waals surface area (Å²) >= 11 is 0. The molecule has 134 valence electrons. The van der Waals surface area contributed by atoms with Crippen molar-refractivity contribution in [2.24, 2.45) is 7.05 Å². The Morgan fingerprint density at radius 1 is 1.32 bits per heavy atom. The lowest BCUT2D eigenvalue weighted by molar-refractivity contribution is -0.384. The molecule has 0 spiro atoms. The van der Waals surface area contributed by atoms with E-state index in [4.69, 9.17) is 0 Å². The molecule has 1 heterocycles. The van der Waals surface area contributed by atoms with E-state index in [-0.39, 0.29) is 17.8 Å². The number of nitro benzene ring substituents is 1. The van der Waals surface area contributed by atoms with Gasteiger partial charge in [-0.25, -0.2) is 4.79 Å². The lowest BCUT2D eigenvalue weighted by atomic mass is 10.0. The molecule has 2 aromatic rings. The van der Waals surface area contributed by atoms with Gasteiger partial charge in [0.15, 0.2) is 0 Å². The topological polar surface area (TPSA) is 102 Å². The highest BCUT2D eigenvalue weighted by Gasteiger charge is 2.20. The first-order chi connectivity index (χ1) is 11.8. The number of aromatic nitrogens is 2. The highest BCUT2D eigenvalue weighted by molar-refractivity contribution is 5.74. The first-order valence-corrected chi connectivity index (χ1v) is 8.11. The van der Waals surface area contributed by atoms with Gasteiger partial charge in [0, 0.05) is 37.0 Å². The lowest BCUT2D eigenvalue weighted by Crippen LogP contribution is -2.37. The van der Waals surface area contributed by atoms with Crippen molar-refractivity contribution in [3.8, 4) is 0 Å². The van der Waals surface area contributed by atoms with E-state index in [9.17, 15) is 14.9 Å². The van der Waals surface area contributed by atoms with Crippen molar-refractivity contribution >= 4 is 11.7 Å². The van der Waals surface area contributed by atoms with E-state index in [2.05, 4.69) is 15.7 Å². The first kappa shape index (κ1) is 18.4. The summed E-state index contributed by atoms with van der Waals surface area (Å²) in [5, 5.41) is 20.8. The Bertz CT molecular complexity index is 767. The molecule has 0 saturated carbocycles. The van der Waals surface area contributed by atoms with Crippen LogP contribution in [0.2, 0.25) is 0 Å². The second-order valence-electron chi connectivity index (χ2n) is 5.92. The van der Waals surface area contributed by atoms with Crippen molar-refractivity contribution in [2.75, 3.05) is 0 Å². The lowest BCUT2D eigenvalue weighted by Gasteiger charge is -2.18. The molecule has 0 radical (unpaired) electrons. The molecule has 0 aliphatic heterocycles. The number of benzene rings is 1. The number of hydrogen-bond donors (Lipinski definition) is 2. The molecule has 2 rings (SSSR count). The van der Waals surface area contributed by atoms with Crippen LogP contribution in [0.4, 0.5) is 10.5 Å². The smallest absolute Gasteiger partial charge is 0.315 e. The molecule has 0 aliphatic carbocycles. The molecule has 8 nitrogen and oxygen atoms in total. The van der Waals surface area contributed by atoms with Crippen LogP contribution < -0.4 is 10.6 Å². The minimum absolute atomic E-state index is 0.0294. The van der Waals surface area contributed by atoms with Gasteiger partial charge in [-0.15, -0.1) is 0 Å². The Labute approximate surface area is 146 Å². The van der Waals surface area contributed by atoms with E-state index >= 15 is 0 Å². The minimum Gasteiger partial charge on any atom is -0.334 e. The van der Waals surface area contributed by atoms with E-state index in [1.165, 1.54) is 12.1 Å². The summed E-state index contributed by atoms with van der Waals surface area (Å²) in [6.07, 6.45) is 0.748. The van der Waals surface area contributed by atoms with E-state index in [0.717, 1.165) is 28.9 Å². The number of non-ortho nitro benzene ring substituents is 1. The van der Waals surface area contributed by atoms with Gasteiger partial charge in [-0.05, 0) is 25.8 Å². The number of nitrogens with one attached hydrogen (secondary N) is 2. The number of nitro groups is 1. The molecular weight excluding hydrogens is 322 g/mol. The zero-order valence-corrected chi connectivity index (χ0v) is 14.9. The zero-order valence-electron chi connectivity index (χ0n) is 14.9. The molecule has 0 aliphatic rings. The summed E-state index contributed by atoms with van der Waals surface area (Å²) in [5.41, 5.74) is 3.79. The second kappa shape index (κ2) is 7.78. The number of rotatable bonds is 6. The maximum absolute atomic E-state index is 12.2. The van der Waals surface area contributed by atoms with Crippen molar-refractivity contribution in [3.63, 3.8) is 0 Å². The molecule has 8 heteroatoms. The summed E-state index contributed by atoms with van der Waals surface area (Å²) in [5.74, 6) is 0. The van der Waals surface area contributed by atoms with E-state index in [1.54, 1.807) is 12.1 Å². The van der Waals surface area contributed by atoms with Crippen LogP contribution in [0.25, 0.3) is 0 Å². The van der Waals surface area contributed by atoms with E-state index in [0.29, 0.717) is 6.54 Å². The van der Waals surface area contributed by atoms with Gasteiger partial charge in [-0.2, -0.15) is 5.10 Å². The van der Waals surface area contributed by atoms with Crippen LogP contribution in [0.3, 0.4) is 0 Å². The summed E-state index contributed by atoms with van der Waals surface area (Å²) in [7, 11) is 1.88. The van der Waals surface area contributed by atoms with Crippen LogP contribution in [-0.2, 0) is 13.6 Å². The van der Waals surface area contributed by atoms with Gasteiger partial charge in [-0.1, -0.05) is 19.1 Å². The fourth-order valence-corrected chi connectivity index (χ4v) is 2.80. The molecule has 0 unspecified atom stereocenters. The third-order valence-corrected chi connectivity index (χ3v) is 4.23.